The third-order valence-electron chi connectivity index (χ3n) is 2.09. The summed E-state index contributed by atoms with van der Waals surface area (Å²) in [5.41, 5.74) is 0.320. The van der Waals surface area contributed by atoms with Crippen LogP contribution in [0.3, 0.4) is 0 Å². The summed E-state index contributed by atoms with van der Waals surface area (Å²) in [5.74, 6) is 0. The van der Waals surface area contributed by atoms with Crippen LogP contribution in [-0.4, -0.2) is 25.4 Å². The fraction of sp³-hybridized carbons (Fsp3) is 1.00. The molecule has 46 valence electrons. The molecular formula is C6H10O2. The van der Waals surface area contributed by atoms with Crippen molar-refractivity contribution >= 4 is 0 Å². The van der Waals surface area contributed by atoms with E-state index in [1.807, 2.05) is 0 Å². The van der Waals surface area contributed by atoms with E-state index in [1.165, 1.54) is 0 Å². The molecule has 0 radical (unpaired) electrons. The molecule has 2 fully saturated rings. The fourth-order valence-electron chi connectivity index (χ4n) is 1.27. The minimum Gasteiger partial charge on any atom is -0.381 e. The molecule has 0 unspecified atom stereocenters. The van der Waals surface area contributed by atoms with Gasteiger partial charge in [-0.05, 0) is 0 Å². The highest BCUT2D eigenvalue weighted by Crippen LogP contribution is 2.47. The maximum atomic E-state index is 5.18. The molecule has 0 bridgehead atoms. The normalized spacial score (nSPS) is 51.4. The van der Waals surface area contributed by atoms with Gasteiger partial charge >= 0.3 is 0 Å². The van der Waals surface area contributed by atoms with Gasteiger partial charge in [0.15, 0.2) is 0 Å². The Bertz CT molecular complexity index is 99.1. The summed E-state index contributed by atoms with van der Waals surface area (Å²) < 4.78 is 10.3. The molecule has 2 aliphatic rings. The predicted molar refractivity (Wildman–Crippen MR) is 28.7 cm³/mol. The van der Waals surface area contributed by atoms with Crippen molar-refractivity contribution in [1.82, 2.24) is 0 Å². The van der Waals surface area contributed by atoms with Crippen molar-refractivity contribution in [3.05, 3.63) is 0 Å². The second-order valence-corrected chi connectivity index (χ2v) is 2.74. The molecule has 1 aliphatic heterocycles. The molecule has 0 amide bonds. The van der Waals surface area contributed by atoms with E-state index in [1.54, 1.807) is 7.11 Å². The first-order valence-electron chi connectivity index (χ1n) is 3.01. The molecule has 8 heavy (non-hydrogen) atoms. The van der Waals surface area contributed by atoms with E-state index in [4.69, 9.17) is 9.47 Å². The van der Waals surface area contributed by atoms with Gasteiger partial charge in [0.25, 0.3) is 0 Å². The Morgan fingerprint density at radius 1 is 1.62 bits per heavy atom. The van der Waals surface area contributed by atoms with E-state index in [-0.39, 0.29) is 0 Å². The molecule has 1 saturated carbocycles. The van der Waals surface area contributed by atoms with Gasteiger partial charge in [0.1, 0.15) is 0 Å². The van der Waals surface area contributed by atoms with Crippen molar-refractivity contribution in [3.63, 3.8) is 0 Å². The van der Waals surface area contributed by atoms with Gasteiger partial charge < -0.3 is 9.47 Å². The van der Waals surface area contributed by atoms with E-state index in [2.05, 4.69) is 0 Å². The van der Waals surface area contributed by atoms with E-state index in [0.29, 0.717) is 11.7 Å². The fourth-order valence-corrected chi connectivity index (χ4v) is 1.27. The summed E-state index contributed by atoms with van der Waals surface area (Å²) in [6.45, 7) is 0.979. The van der Waals surface area contributed by atoms with Crippen molar-refractivity contribution in [2.24, 2.45) is 0 Å². The zero-order valence-corrected chi connectivity index (χ0v) is 5.02. The van der Waals surface area contributed by atoms with E-state index in [0.717, 1.165) is 19.4 Å². The Balaban J connectivity index is 1.84. The Morgan fingerprint density at radius 3 is 2.62 bits per heavy atom. The number of hydrogen-bond donors (Lipinski definition) is 0. The van der Waals surface area contributed by atoms with Gasteiger partial charge in [0.05, 0.1) is 18.3 Å². The monoisotopic (exact) mass is 114 g/mol. The van der Waals surface area contributed by atoms with E-state index < -0.39 is 0 Å². The summed E-state index contributed by atoms with van der Waals surface area (Å²) in [6.07, 6.45) is 2.75. The molecule has 1 heterocycles. The lowest BCUT2D eigenvalue weighted by Gasteiger charge is -2.30. The van der Waals surface area contributed by atoms with E-state index >= 15 is 0 Å². The van der Waals surface area contributed by atoms with Crippen LogP contribution in [0.25, 0.3) is 0 Å². The second kappa shape index (κ2) is 1.25. The van der Waals surface area contributed by atoms with Gasteiger partial charge in [-0.25, -0.2) is 0 Å². The number of rotatable bonds is 1. The number of hydrogen-bond acceptors (Lipinski definition) is 2. The topological polar surface area (TPSA) is 21.8 Å². The molecule has 1 spiro atoms. The van der Waals surface area contributed by atoms with Gasteiger partial charge in [-0.15, -0.1) is 0 Å². The molecular weight excluding hydrogens is 104 g/mol. The highest BCUT2D eigenvalue weighted by molar-refractivity contribution is 5.05. The maximum absolute atomic E-state index is 5.18. The van der Waals surface area contributed by atoms with Crippen LogP contribution in [-0.2, 0) is 9.47 Å². The third-order valence-corrected chi connectivity index (χ3v) is 2.09. The molecule has 0 N–H and O–H groups in total. The quantitative estimate of drug-likeness (QED) is 0.465. The van der Waals surface area contributed by atoms with Crippen LogP contribution in [0, 0.1) is 0 Å². The number of methoxy groups -OCH3 is 1. The van der Waals surface area contributed by atoms with Gasteiger partial charge in [0.2, 0.25) is 0 Å². The van der Waals surface area contributed by atoms with Crippen LogP contribution in [0.15, 0.2) is 0 Å². The zero-order valence-electron chi connectivity index (χ0n) is 5.02. The van der Waals surface area contributed by atoms with Crippen molar-refractivity contribution in [1.29, 1.82) is 0 Å². The molecule has 2 rings (SSSR count). The SMILES string of the molecule is COC1CC2(CO2)C1. The smallest absolute Gasteiger partial charge is 0.0965 e. The number of ether oxygens (including phenoxy) is 2. The summed E-state index contributed by atoms with van der Waals surface area (Å²) in [4.78, 5) is 0. The Morgan fingerprint density at radius 2 is 2.25 bits per heavy atom. The molecule has 2 heteroatoms. The van der Waals surface area contributed by atoms with Crippen molar-refractivity contribution in [2.75, 3.05) is 13.7 Å². The number of epoxide rings is 1. The molecule has 0 aromatic carbocycles. The van der Waals surface area contributed by atoms with Crippen LogP contribution in [0.1, 0.15) is 12.8 Å². The lowest BCUT2D eigenvalue weighted by Crippen LogP contribution is -2.37. The van der Waals surface area contributed by atoms with E-state index in [9.17, 15) is 0 Å². The Labute approximate surface area is 48.8 Å². The Hall–Kier alpha value is -0.0800. The van der Waals surface area contributed by atoms with Gasteiger partial charge in [0, 0.05) is 20.0 Å². The third kappa shape index (κ3) is 0.501. The largest absolute Gasteiger partial charge is 0.381 e. The zero-order chi connectivity index (χ0) is 5.61. The molecule has 2 nitrogen and oxygen atoms in total. The van der Waals surface area contributed by atoms with Crippen LogP contribution < -0.4 is 0 Å². The average molecular weight is 114 g/mol. The van der Waals surface area contributed by atoms with Gasteiger partial charge in [-0.2, -0.15) is 0 Å². The first-order valence-corrected chi connectivity index (χ1v) is 3.01. The maximum Gasteiger partial charge on any atom is 0.0965 e. The summed E-state index contributed by atoms with van der Waals surface area (Å²) in [6, 6.07) is 0. The van der Waals surface area contributed by atoms with Gasteiger partial charge in [-0.3, -0.25) is 0 Å². The Kier molecular flexibility index (Phi) is 0.746. The second-order valence-electron chi connectivity index (χ2n) is 2.74. The standard InChI is InChI=1S/C6H10O2/c1-7-5-2-6(3-5)4-8-6/h5H,2-4H2,1H3. The molecule has 0 aromatic heterocycles. The summed E-state index contributed by atoms with van der Waals surface area (Å²) in [5, 5.41) is 0. The first kappa shape index (κ1) is 4.77. The van der Waals surface area contributed by atoms with Crippen LogP contribution in [0.4, 0.5) is 0 Å². The van der Waals surface area contributed by atoms with Crippen molar-refractivity contribution in [3.8, 4) is 0 Å². The molecule has 0 atom stereocenters. The van der Waals surface area contributed by atoms with Crippen LogP contribution in [0.2, 0.25) is 0 Å². The molecule has 0 aromatic rings. The van der Waals surface area contributed by atoms with Gasteiger partial charge in [-0.1, -0.05) is 0 Å². The van der Waals surface area contributed by atoms with Crippen molar-refractivity contribution in [2.45, 2.75) is 24.5 Å². The molecule has 1 saturated heterocycles. The first-order chi connectivity index (χ1) is 3.85. The average Bonchev–Trinajstić information content (AvgIpc) is 2.38. The predicted octanol–water partition coefficient (Wildman–Crippen LogP) is 0.564. The van der Waals surface area contributed by atoms with Crippen molar-refractivity contribution < 1.29 is 9.47 Å². The minimum atomic E-state index is 0.320. The lowest BCUT2D eigenvalue weighted by molar-refractivity contribution is -0.0157. The summed E-state index contributed by atoms with van der Waals surface area (Å²) >= 11 is 0. The van der Waals surface area contributed by atoms with Crippen LogP contribution >= 0.6 is 0 Å². The lowest BCUT2D eigenvalue weighted by atomic mass is 9.83. The highest BCUT2D eigenvalue weighted by atomic mass is 16.6. The minimum absolute atomic E-state index is 0.320. The highest BCUT2D eigenvalue weighted by Gasteiger charge is 2.55. The van der Waals surface area contributed by atoms with Crippen LogP contribution in [0.5, 0.6) is 0 Å². The summed E-state index contributed by atoms with van der Waals surface area (Å²) in [7, 11) is 1.76. The molecule has 1 aliphatic carbocycles.